The molecule has 0 unspecified atom stereocenters. The largest absolute Gasteiger partial charge is 0.493 e. The number of methoxy groups -OCH3 is 3. The fraction of sp³-hybridized carbons (Fsp3) is 0.438. The smallest absolute Gasteiger partial charge is 0.257 e. The Morgan fingerprint density at radius 1 is 1.04 bits per heavy atom. The molecular weight excluding hydrogens is 330 g/mol. The normalized spacial score (nSPS) is 11.1. The molecule has 1 N–H and O–H groups in total. The monoisotopic (exact) mass is 351 g/mol. The number of anilines is 1. The van der Waals surface area contributed by atoms with Gasteiger partial charge in [-0.1, -0.05) is 32.1 Å². The van der Waals surface area contributed by atoms with Crippen LogP contribution in [0.3, 0.4) is 0 Å². The van der Waals surface area contributed by atoms with Gasteiger partial charge in [0, 0.05) is 11.0 Å². The topological polar surface area (TPSA) is 82.6 Å². The van der Waals surface area contributed by atoms with E-state index in [4.69, 9.17) is 14.2 Å². The van der Waals surface area contributed by atoms with Crippen molar-refractivity contribution >= 4 is 22.4 Å². The van der Waals surface area contributed by atoms with Crippen molar-refractivity contribution in [3.05, 3.63) is 22.7 Å². The highest BCUT2D eigenvalue weighted by Gasteiger charge is 2.21. The summed E-state index contributed by atoms with van der Waals surface area (Å²) in [6.45, 7) is 6.12. The third kappa shape index (κ3) is 3.76. The second kappa shape index (κ2) is 7.04. The summed E-state index contributed by atoms with van der Waals surface area (Å²) in [6.07, 6.45) is 0. The summed E-state index contributed by atoms with van der Waals surface area (Å²) in [5.74, 6) is 0.928. The van der Waals surface area contributed by atoms with Gasteiger partial charge in [0.05, 0.1) is 21.3 Å². The molecule has 1 heterocycles. The molecule has 0 fully saturated rings. The quantitative estimate of drug-likeness (QED) is 0.891. The molecule has 0 aliphatic rings. The molecule has 8 heteroatoms. The summed E-state index contributed by atoms with van der Waals surface area (Å²) in [5.41, 5.74) is 0.254. The highest BCUT2D eigenvalue weighted by molar-refractivity contribution is 7.15. The van der Waals surface area contributed by atoms with Gasteiger partial charge < -0.3 is 14.2 Å². The van der Waals surface area contributed by atoms with Crippen molar-refractivity contribution < 1.29 is 19.0 Å². The van der Waals surface area contributed by atoms with E-state index in [0.717, 1.165) is 5.01 Å². The van der Waals surface area contributed by atoms with Gasteiger partial charge in [0.1, 0.15) is 5.01 Å². The number of ether oxygens (including phenoxy) is 3. The molecule has 2 aromatic rings. The Bertz CT molecular complexity index is 712. The first kappa shape index (κ1) is 18.0. The SMILES string of the molecule is COc1cc(C(=O)Nc2nnc(C(C)(C)C)s2)cc(OC)c1OC. The maximum Gasteiger partial charge on any atom is 0.257 e. The Morgan fingerprint density at radius 3 is 2.04 bits per heavy atom. The standard InChI is InChI=1S/C16H21N3O4S/c1-16(2,3)14-18-19-15(24-14)17-13(20)9-7-10(21-4)12(23-6)11(8-9)22-5/h7-8H,1-6H3,(H,17,19,20). The molecule has 0 aliphatic heterocycles. The molecular formula is C16H21N3O4S. The highest BCUT2D eigenvalue weighted by Crippen LogP contribution is 2.38. The van der Waals surface area contributed by atoms with Crippen LogP contribution in [0.1, 0.15) is 36.1 Å². The van der Waals surface area contributed by atoms with Crippen molar-refractivity contribution in [1.82, 2.24) is 10.2 Å². The molecule has 2 rings (SSSR count). The number of nitrogens with zero attached hydrogens (tertiary/aromatic N) is 2. The number of hydrogen-bond acceptors (Lipinski definition) is 7. The number of aromatic nitrogens is 2. The molecule has 0 spiro atoms. The van der Waals surface area contributed by atoms with Crippen LogP contribution in [0.5, 0.6) is 17.2 Å². The zero-order chi connectivity index (χ0) is 17.9. The Labute approximate surface area is 145 Å². The van der Waals surface area contributed by atoms with Gasteiger partial charge in [-0.2, -0.15) is 0 Å². The number of amides is 1. The molecule has 0 aliphatic carbocycles. The van der Waals surface area contributed by atoms with E-state index in [1.54, 1.807) is 12.1 Å². The van der Waals surface area contributed by atoms with Gasteiger partial charge in [-0.15, -0.1) is 10.2 Å². The van der Waals surface area contributed by atoms with Crippen LogP contribution < -0.4 is 19.5 Å². The van der Waals surface area contributed by atoms with Gasteiger partial charge in [0.15, 0.2) is 11.5 Å². The minimum Gasteiger partial charge on any atom is -0.493 e. The van der Waals surface area contributed by atoms with Gasteiger partial charge in [-0.05, 0) is 12.1 Å². The second-order valence-corrected chi connectivity index (χ2v) is 7.01. The minimum absolute atomic E-state index is 0.118. The lowest BCUT2D eigenvalue weighted by molar-refractivity contribution is 0.102. The fourth-order valence-corrected chi connectivity index (χ4v) is 2.75. The Balaban J connectivity index is 2.28. The molecule has 0 radical (unpaired) electrons. The highest BCUT2D eigenvalue weighted by atomic mass is 32.1. The average Bonchev–Trinajstić information content (AvgIpc) is 3.01. The van der Waals surface area contributed by atoms with Crippen LogP contribution in [-0.4, -0.2) is 37.4 Å². The van der Waals surface area contributed by atoms with Crippen LogP contribution in [0.25, 0.3) is 0 Å². The fourth-order valence-electron chi connectivity index (χ4n) is 1.96. The van der Waals surface area contributed by atoms with Crippen molar-refractivity contribution in [1.29, 1.82) is 0 Å². The second-order valence-electron chi connectivity index (χ2n) is 6.03. The number of rotatable bonds is 5. The molecule has 0 saturated heterocycles. The van der Waals surface area contributed by atoms with Crippen molar-refractivity contribution in [3.8, 4) is 17.2 Å². The zero-order valence-electron chi connectivity index (χ0n) is 14.6. The number of carbonyl (C=O) groups excluding carboxylic acids is 1. The van der Waals surface area contributed by atoms with E-state index in [0.29, 0.717) is 27.9 Å². The predicted molar refractivity (Wildman–Crippen MR) is 92.7 cm³/mol. The zero-order valence-corrected chi connectivity index (χ0v) is 15.4. The summed E-state index contributed by atoms with van der Waals surface area (Å²) in [4.78, 5) is 12.5. The van der Waals surface area contributed by atoms with Gasteiger partial charge in [0.25, 0.3) is 5.91 Å². The number of hydrogen-bond donors (Lipinski definition) is 1. The minimum atomic E-state index is -0.328. The predicted octanol–water partition coefficient (Wildman–Crippen LogP) is 3.11. The van der Waals surface area contributed by atoms with Gasteiger partial charge in [-0.25, -0.2) is 0 Å². The summed E-state index contributed by atoms with van der Waals surface area (Å²) in [7, 11) is 4.51. The first-order valence-corrected chi connectivity index (χ1v) is 8.07. The number of nitrogens with one attached hydrogen (secondary N) is 1. The first-order valence-electron chi connectivity index (χ1n) is 7.25. The van der Waals surface area contributed by atoms with Crippen LogP contribution in [0.15, 0.2) is 12.1 Å². The summed E-state index contributed by atoms with van der Waals surface area (Å²) in [6, 6.07) is 3.17. The lowest BCUT2D eigenvalue weighted by Crippen LogP contribution is -2.12. The van der Waals surface area contributed by atoms with Gasteiger partial charge in [0.2, 0.25) is 10.9 Å². The number of benzene rings is 1. The van der Waals surface area contributed by atoms with Crippen LogP contribution in [0.4, 0.5) is 5.13 Å². The molecule has 0 bridgehead atoms. The van der Waals surface area contributed by atoms with Crippen LogP contribution in [0.2, 0.25) is 0 Å². The molecule has 130 valence electrons. The maximum atomic E-state index is 12.5. The molecule has 0 atom stereocenters. The van der Waals surface area contributed by atoms with Crippen molar-refractivity contribution in [2.24, 2.45) is 0 Å². The summed E-state index contributed by atoms with van der Waals surface area (Å²) >= 11 is 1.35. The number of carbonyl (C=O) groups is 1. The van der Waals surface area contributed by atoms with E-state index in [1.807, 2.05) is 20.8 Å². The molecule has 7 nitrogen and oxygen atoms in total. The molecule has 1 aromatic carbocycles. The lowest BCUT2D eigenvalue weighted by Gasteiger charge is -2.13. The average molecular weight is 351 g/mol. The third-order valence-electron chi connectivity index (χ3n) is 3.21. The van der Waals surface area contributed by atoms with E-state index in [2.05, 4.69) is 15.5 Å². The van der Waals surface area contributed by atoms with Crippen LogP contribution >= 0.6 is 11.3 Å². The van der Waals surface area contributed by atoms with Crippen molar-refractivity contribution in [2.45, 2.75) is 26.2 Å². The van der Waals surface area contributed by atoms with E-state index in [1.165, 1.54) is 32.7 Å². The van der Waals surface area contributed by atoms with Crippen molar-refractivity contribution in [2.75, 3.05) is 26.6 Å². The summed E-state index contributed by atoms with van der Waals surface area (Å²) in [5, 5.41) is 12.2. The van der Waals surface area contributed by atoms with Crippen LogP contribution in [-0.2, 0) is 5.41 Å². The third-order valence-corrected chi connectivity index (χ3v) is 4.48. The lowest BCUT2D eigenvalue weighted by atomic mass is 9.98. The van der Waals surface area contributed by atoms with Gasteiger partial charge >= 0.3 is 0 Å². The van der Waals surface area contributed by atoms with E-state index < -0.39 is 0 Å². The molecule has 24 heavy (non-hydrogen) atoms. The van der Waals surface area contributed by atoms with E-state index in [-0.39, 0.29) is 11.3 Å². The van der Waals surface area contributed by atoms with E-state index >= 15 is 0 Å². The van der Waals surface area contributed by atoms with E-state index in [9.17, 15) is 4.79 Å². The molecule has 1 aromatic heterocycles. The molecule has 0 saturated carbocycles. The summed E-state index contributed by atoms with van der Waals surface area (Å²) < 4.78 is 15.8. The van der Waals surface area contributed by atoms with Crippen LogP contribution in [0, 0.1) is 0 Å². The Morgan fingerprint density at radius 2 is 1.62 bits per heavy atom. The van der Waals surface area contributed by atoms with Gasteiger partial charge in [-0.3, -0.25) is 10.1 Å². The Hall–Kier alpha value is -2.35. The Kier molecular flexibility index (Phi) is 5.28. The van der Waals surface area contributed by atoms with Crippen molar-refractivity contribution in [3.63, 3.8) is 0 Å². The maximum absolute atomic E-state index is 12.5. The molecule has 1 amide bonds. The first-order chi connectivity index (χ1) is 11.3.